The number of hydrogen-bond donors (Lipinski definition) is 9. The summed E-state index contributed by atoms with van der Waals surface area (Å²) in [6, 6.07) is -0.933. The standard InChI is InChI=1S/C51H93NO13/c1-3-5-7-9-11-13-15-17-19-20-21-22-24-26-28-30-32-34-40(55)39(52-43(56)35-33-31-29-27-25-23-18-16-14-12-10-8-6-4-2)38-62-50-48(61)46(59)49(42(37-54)64-50)65-51-47(60)45(58)44(57)41(36-53)63-51/h16,18,24,26,32,34,39-42,44-51,53-55,57-61H,3-15,17,19-23,25,27-31,33,35-38H2,1-2H3,(H,52,56)/b18-16-,26-24+,34-32+. The molecule has 0 aromatic rings. The Kier molecular flexibility index (Phi) is 34.8. The number of aliphatic hydroxyl groups is 8. The Morgan fingerprint density at radius 1 is 0.538 bits per heavy atom. The lowest BCUT2D eigenvalue weighted by atomic mass is 9.97. The van der Waals surface area contributed by atoms with Crippen molar-refractivity contribution < 1.29 is 64.6 Å². The largest absolute Gasteiger partial charge is 0.394 e. The van der Waals surface area contributed by atoms with E-state index in [4.69, 9.17) is 18.9 Å². The highest BCUT2D eigenvalue weighted by Crippen LogP contribution is 2.30. The van der Waals surface area contributed by atoms with Crippen LogP contribution in [-0.4, -0.2) is 140 Å². The zero-order valence-corrected chi connectivity index (χ0v) is 40.2. The maximum absolute atomic E-state index is 13.2. The van der Waals surface area contributed by atoms with Crippen molar-refractivity contribution in [3.8, 4) is 0 Å². The first-order valence-electron chi connectivity index (χ1n) is 25.7. The van der Waals surface area contributed by atoms with Gasteiger partial charge in [-0.25, -0.2) is 0 Å². The topological polar surface area (TPSA) is 228 Å². The third-order valence-electron chi connectivity index (χ3n) is 12.5. The summed E-state index contributed by atoms with van der Waals surface area (Å²) in [6.45, 7) is 2.74. The van der Waals surface area contributed by atoms with Crippen LogP contribution in [0, 0.1) is 0 Å². The molecule has 0 spiro atoms. The Bertz CT molecular complexity index is 1230. The molecule has 0 bridgehead atoms. The Morgan fingerprint density at radius 2 is 0.985 bits per heavy atom. The fourth-order valence-corrected chi connectivity index (χ4v) is 8.30. The van der Waals surface area contributed by atoms with Crippen LogP contribution in [0.4, 0.5) is 0 Å². The average Bonchev–Trinajstić information content (AvgIpc) is 3.30. The van der Waals surface area contributed by atoms with E-state index in [2.05, 4.69) is 43.5 Å². The average molecular weight is 928 g/mol. The van der Waals surface area contributed by atoms with Crippen molar-refractivity contribution in [1.29, 1.82) is 0 Å². The van der Waals surface area contributed by atoms with Gasteiger partial charge in [-0.15, -0.1) is 0 Å². The van der Waals surface area contributed by atoms with Gasteiger partial charge in [-0.05, 0) is 57.8 Å². The van der Waals surface area contributed by atoms with E-state index in [1.165, 1.54) is 103 Å². The van der Waals surface area contributed by atoms with Crippen molar-refractivity contribution in [3.05, 3.63) is 36.5 Å². The zero-order chi connectivity index (χ0) is 47.5. The minimum atomic E-state index is -1.79. The molecule has 0 aromatic heterocycles. The van der Waals surface area contributed by atoms with Gasteiger partial charge in [0, 0.05) is 6.42 Å². The number of aliphatic hydroxyl groups excluding tert-OH is 8. The Labute approximate surface area is 391 Å². The van der Waals surface area contributed by atoms with Crippen LogP contribution in [0.3, 0.4) is 0 Å². The van der Waals surface area contributed by atoms with Gasteiger partial charge in [-0.2, -0.15) is 0 Å². The molecule has 380 valence electrons. The van der Waals surface area contributed by atoms with E-state index in [9.17, 15) is 45.6 Å². The van der Waals surface area contributed by atoms with Crippen LogP contribution in [0.2, 0.25) is 0 Å². The highest BCUT2D eigenvalue weighted by Gasteiger charge is 2.51. The molecule has 1 amide bonds. The second-order valence-corrected chi connectivity index (χ2v) is 18.3. The van der Waals surface area contributed by atoms with E-state index in [-0.39, 0.29) is 18.9 Å². The van der Waals surface area contributed by atoms with Gasteiger partial charge in [0.1, 0.15) is 48.8 Å². The SMILES string of the molecule is CCCCCCC/C=C\CCCCCCCC(=O)NC(COC1OC(CO)C(OC2OC(CO)C(O)C(O)C2O)C(O)C1O)C(O)/C=C/CC/C=C/CCCCCCCCCCCCC. The molecule has 14 nitrogen and oxygen atoms in total. The van der Waals surface area contributed by atoms with Crippen LogP contribution in [-0.2, 0) is 23.7 Å². The lowest BCUT2D eigenvalue weighted by Crippen LogP contribution is -2.65. The molecule has 0 saturated carbocycles. The highest BCUT2D eigenvalue weighted by molar-refractivity contribution is 5.76. The molecular formula is C51H93NO13. The van der Waals surface area contributed by atoms with E-state index < -0.39 is 86.8 Å². The Morgan fingerprint density at radius 3 is 1.51 bits per heavy atom. The first-order chi connectivity index (χ1) is 31.6. The number of carbonyl (C=O) groups is 1. The molecule has 0 radical (unpaired) electrons. The van der Waals surface area contributed by atoms with Crippen molar-refractivity contribution in [3.63, 3.8) is 0 Å². The molecule has 12 unspecified atom stereocenters. The van der Waals surface area contributed by atoms with Crippen molar-refractivity contribution in [1.82, 2.24) is 5.32 Å². The number of rotatable bonds is 39. The number of amides is 1. The quantitative estimate of drug-likeness (QED) is 0.0231. The molecule has 2 aliphatic heterocycles. The molecular weight excluding hydrogens is 835 g/mol. The summed E-state index contributed by atoms with van der Waals surface area (Å²) in [6.07, 6.45) is 26.1. The van der Waals surface area contributed by atoms with Crippen LogP contribution in [0.5, 0.6) is 0 Å². The lowest BCUT2D eigenvalue weighted by Gasteiger charge is -2.46. The van der Waals surface area contributed by atoms with E-state index in [1.807, 2.05) is 6.08 Å². The fourth-order valence-electron chi connectivity index (χ4n) is 8.30. The summed E-state index contributed by atoms with van der Waals surface area (Å²) in [7, 11) is 0. The molecule has 0 aliphatic carbocycles. The van der Waals surface area contributed by atoms with E-state index in [0.717, 1.165) is 51.4 Å². The van der Waals surface area contributed by atoms with Crippen LogP contribution in [0.25, 0.3) is 0 Å². The van der Waals surface area contributed by atoms with E-state index in [0.29, 0.717) is 12.8 Å². The van der Waals surface area contributed by atoms with Gasteiger partial charge in [0.15, 0.2) is 12.6 Å². The predicted molar refractivity (Wildman–Crippen MR) is 254 cm³/mol. The third-order valence-corrected chi connectivity index (χ3v) is 12.5. The summed E-state index contributed by atoms with van der Waals surface area (Å²) >= 11 is 0. The lowest BCUT2D eigenvalue weighted by molar-refractivity contribution is -0.359. The molecule has 2 fully saturated rings. The van der Waals surface area contributed by atoms with Crippen LogP contribution >= 0.6 is 0 Å². The molecule has 12 atom stereocenters. The van der Waals surface area contributed by atoms with Gasteiger partial charge in [0.25, 0.3) is 0 Å². The Hall–Kier alpha value is -1.79. The van der Waals surface area contributed by atoms with Gasteiger partial charge in [0.2, 0.25) is 5.91 Å². The molecule has 2 heterocycles. The Balaban J connectivity index is 1.87. The van der Waals surface area contributed by atoms with Crippen LogP contribution in [0.15, 0.2) is 36.5 Å². The summed E-state index contributed by atoms with van der Waals surface area (Å²) in [5.41, 5.74) is 0. The second kappa shape index (κ2) is 38.1. The van der Waals surface area contributed by atoms with Gasteiger partial charge >= 0.3 is 0 Å². The van der Waals surface area contributed by atoms with Crippen molar-refractivity contribution >= 4 is 5.91 Å². The molecule has 65 heavy (non-hydrogen) atoms. The first kappa shape index (κ1) is 59.3. The zero-order valence-electron chi connectivity index (χ0n) is 40.2. The molecule has 2 saturated heterocycles. The van der Waals surface area contributed by atoms with Crippen LogP contribution in [0.1, 0.15) is 187 Å². The fraction of sp³-hybridized carbons (Fsp3) is 0.863. The maximum Gasteiger partial charge on any atom is 0.220 e. The van der Waals surface area contributed by atoms with Crippen LogP contribution < -0.4 is 5.32 Å². The summed E-state index contributed by atoms with van der Waals surface area (Å²) in [5.74, 6) is -0.260. The molecule has 2 rings (SSSR count). The van der Waals surface area contributed by atoms with Gasteiger partial charge < -0.3 is 65.1 Å². The number of nitrogens with one attached hydrogen (secondary N) is 1. The normalized spacial score (nSPS) is 27.3. The number of unbranched alkanes of at least 4 members (excludes halogenated alkanes) is 22. The summed E-state index contributed by atoms with van der Waals surface area (Å²) < 4.78 is 22.7. The van der Waals surface area contributed by atoms with Gasteiger partial charge in [0.05, 0.1) is 32.0 Å². The van der Waals surface area contributed by atoms with E-state index in [1.54, 1.807) is 6.08 Å². The first-order valence-corrected chi connectivity index (χ1v) is 25.7. The van der Waals surface area contributed by atoms with Crippen molar-refractivity contribution in [2.75, 3.05) is 19.8 Å². The number of ether oxygens (including phenoxy) is 4. The predicted octanol–water partition coefficient (Wildman–Crippen LogP) is 6.71. The number of carbonyl (C=O) groups excluding carboxylic acids is 1. The van der Waals surface area contributed by atoms with E-state index >= 15 is 0 Å². The summed E-state index contributed by atoms with van der Waals surface area (Å²) in [4.78, 5) is 13.2. The molecule has 14 heteroatoms. The third kappa shape index (κ3) is 25.4. The second-order valence-electron chi connectivity index (χ2n) is 18.3. The smallest absolute Gasteiger partial charge is 0.220 e. The highest BCUT2D eigenvalue weighted by atomic mass is 16.7. The minimum Gasteiger partial charge on any atom is -0.394 e. The maximum atomic E-state index is 13.2. The minimum absolute atomic E-state index is 0.260. The number of hydrogen-bond acceptors (Lipinski definition) is 13. The summed E-state index contributed by atoms with van der Waals surface area (Å²) in [5, 5.41) is 86.7. The van der Waals surface area contributed by atoms with Gasteiger partial charge in [-0.3, -0.25) is 4.79 Å². The monoisotopic (exact) mass is 928 g/mol. The molecule has 0 aromatic carbocycles. The molecule has 2 aliphatic rings. The number of allylic oxidation sites excluding steroid dienone is 5. The molecule has 9 N–H and O–H groups in total. The van der Waals surface area contributed by atoms with Gasteiger partial charge in [-0.1, -0.05) is 159 Å². The van der Waals surface area contributed by atoms with Crippen molar-refractivity contribution in [2.45, 2.75) is 261 Å². The van der Waals surface area contributed by atoms with Crippen molar-refractivity contribution in [2.24, 2.45) is 0 Å².